The van der Waals surface area contributed by atoms with Crippen molar-refractivity contribution in [1.82, 2.24) is 14.8 Å². The van der Waals surface area contributed by atoms with Crippen molar-refractivity contribution in [2.45, 2.75) is 51.2 Å². The molecule has 2 N–H and O–H groups in total. The fourth-order valence-electron chi connectivity index (χ4n) is 5.56. The van der Waals surface area contributed by atoms with E-state index in [1.165, 1.54) is 6.20 Å². The van der Waals surface area contributed by atoms with E-state index in [0.717, 1.165) is 25.7 Å². The highest BCUT2D eigenvalue weighted by Crippen LogP contribution is 2.48. The summed E-state index contributed by atoms with van der Waals surface area (Å²) in [6.45, 7) is 2.64. The first-order valence-corrected chi connectivity index (χ1v) is 10.6. The maximum Gasteiger partial charge on any atom is 0.275 e. The zero-order valence-electron chi connectivity index (χ0n) is 17.3. The van der Waals surface area contributed by atoms with Gasteiger partial charge < -0.3 is 19.9 Å². The number of fused-ring (bicyclic) bond motifs is 2. The lowest BCUT2D eigenvalue weighted by Gasteiger charge is -2.44. The summed E-state index contributed by atoms with van der Waals surface area (Å²) >= 11 is 0. The van der Waals surface area contributed by atoms with Gasteiger partial charge in [0.15, 0.2) is 11.4 Å². The lowest BCUT2D eigenvalue weighted by molar-refractivity contribution is 0.0419. The number of benzene rings is 1. The van der Waals surface area contributed by atoms with Crippen LogP contribution in [-0.2, 0) is 13.1 Å². The summed E-state index contributed by atoms with van der Waals surface area (Å²) in [4.78, 5) is 40.4. The van der Waals surface area contributed by atoms with E-state index in [1.807, 2.05) is 4.90 Å². The molecule has 8 heteroatoms. The summed E-state index contributed by atoms with van der Waals surface area (Å²) in [5.41, 5.74) is -0.739. The number of carbonyl (C=O) groups excluding carboxylic acids is 2. The Labute approximate surface area is 178 Å². The zero-order chi connectivity index (χ0) is 21.9. The van der Waals surface area contributed by atoms with Crippen LogP contribution in [0.2, 0.25) is 0 Å². The molecule has 162 valence electrons. The number of halogens is 1. The number of amides is 2. The van der Waals surface area contributed by atoms with E-state index in [2.05, 4.69) is 5.32 Å². The van der Waals surface area contributed by atoms with Crippen LogP contribution in [0.1, 0.15) is 57.7 Å². The van der Waals surface area contributed by atoms with Gasteiger partial charge >= 0.3 is 0 Å². The van der Waals surface area contributed by atoms with Crippen molar-refractivity contribution in [2.24, 2.45) is 5.92 Å². The molecule has 1 aromatic carbocycles. The van der Waals surface area contributed by atoms with Gasteiger partial charge in [-0.15, -0.1) is 0 Å². The van der Waals surface area contributed by atoms with Crippen LogP contribution in [0, 0.1) is 18.7 Å². The number of hydrogen-bond donors (Lipinski definition) is 2. The number of rotatable bonds is 3. The van der Waals surface area contributed by atoms with Crippen molar-refractivity contribution in [3.63, 3.8) is 0 Å². The van der Waals surface area contributed by atoms with E-state index in [-0.39, 0.29) is 29.2 Å². The quantitative estimate of drug-likeness (QED) is 0.790. The maximum absolute atomic E-state index is 14.2. The Kier molecular flexibility index (Phi) is 4.42. The van der Waals surface area contributed by atoms with Gasteiger partial charge in [0.05, 0.1) is 5.54 Å². The first-order chi connectivity index (χ1) is 14.8. The third-order valence-electron chi connectivity index (χ3n) is 7.06. The number of aromatic nitrogens is 1. The second-order valence-electron chi connectivity index (χ2n) is 9.03. The first kappa shape index (κ1) is 19.8. The average Bonchev–Trinajstić information content (AvgIpc) is 3.01. The predicted octanol–water partition coefficient (Wildman–Crippen LogP) is 2.33. The molecule has 0 radical (unpaired) electrons. The van der Waals surface area contributed by atoms with Gasteiger partial charge in [-0.05, 0) is 37.7 Å². The van der Waals surface area contributed by atoms with Crippen LogP contribution >= 0.6 is 0 Å². The molecule has 1 aliphatic carbocycles. The van der Waals surface area contributed by atoms with Gasteiger partial charge in [0.1, 0.15) is 11.4 Å². The molecule has 0 unspecified atom stereocenters. The summed E-state index contributed by atoms with van der Waals surface area (Å²) in [6.07, 6.45) is 5.25. The fourth-order valence-corrected chi connectivity index (χ4v) is 5.56. The molecule has 2 aliphatic heterocycles. The van der Waals surface area contributed by atoms with Crippen LogP contribution in [0.15, 0.2) is 29.2 Å². The highest BCUT2D eigenvalue weighted by molar-refractivity contribution is 5.99. The third kappa shape index (κ3) is 2.96. The van der Waals surface area contributed by atoms with Crippen LogP contribution in [0.3, 0.4) is 0 Å². The number of pyridine rings is 1. The Hall–Kier alpha value is -3.16. The molecule has 1 saturated heterocycles. The normalized spacial score (nSPS) is 24.0. The SMILES string of the molecule is Cc1cccc(CNC(=O)c2cn3c(c(O)c2=O)C(=O)N2C[C@H]4CCC[C@@]2(C4)C3)c1F. The van der Waals surface area contributed by atoms with Gasteiger partial charge in [0.2, 0.25) is 5.43 Å². The second-order valence-corrected chi connectivity index (χ2v) is 9.03. The predicted molar refractivity (Wildman–Crippen MR) is 110 cm³/mol. The van der Waals surface area contributed by atoms with Crippen molar-refractivity contribution in [2.75, 3.05) is 6.54 Å². The summed E-state index contributed by atoms with van der Waals surface area (Å²) < 4.78 is 15.8. The van der Waals surface area contributed by atoms with Crippen LogP contribution < -0.4 is 10.7 Å². The highest BCUT2D eigenvalue weighted by atomic mass is 19.1. The Morgan fingerprint density at radius 3 is 2.97 bits per heavy atom. The van der Waals surface area contributed by atoms with Crippen LogP contribution in [0.25, 0.3) is 0 Å². The molecule has 1 saturated carbocycles. The standard InChI is InChI=1S/C23H24FN3O4/c1-13-4-2-6-15(17(13)24)9-25-21(30)16-11-26-12-23-7-3-5-14(8-23)10-27(23)22(31)18(26)20(29)19(16)28/h2,4,6,11,14,29H,3,5,7-10,12H2,1H3,(H,25,30)/t14-,23+/m0/s1. The van der Waals surface area contributed by atoms with E-state index >= 15 is 0 Å². The Bertz CT molecular complexity index is 1170. The van der Waals surface area contributed by atoms with E-state index in [4.69, 9.17) is 0 Å². The molecule has 31 heavy (non-hydrogen) atoms. The van der Waals surface area contributed by atoms with Gasteiger partial charge in [-0.1, -0.05) is 24.6 Å². The number of aryl methyl sites for hydroxylation is 1. The number of nitrogens with zero attached hydrogens (tertiary/aromatic N) is 2. The number of nitrogens with one attached hydrogen (secondary N) is 1. The molecule has 2 fully saturated rings. The molecule has 1 aromatic heterocycles. The van der Waals surface area contributed by atoms with Crippen LogP contribution in [-0.4, -0.2) is 38.5 Å². The summed E-state index contributed by atoms with van der Waals surface area (Å²) in [7, 11) is 0. The lowest BCUT2D eigenvalue weighted by Crippen LogP contribution is -2.55. The Morgan fingerprint density at radius 2 is 2.16 bits per heavy atom. The minimum atomic E-state index is -0.889. The second kappa shape index (κ2) is 6.93. The van der Waals surface area contributed by atoms with E-state index in [0.29, 0.717) is 30.1 Å². The van der Waals surface area contributed by atoms with E-state index in [1.54, 1.807) is 29.7 Å². The van der Waals surface area contributed by atoms with E-state index in [9.17, 15) is 23.9 Å². The van der Waals surface area contributed by atoms with Gasteiger partial charge in [-0.3, -0.25) is 14.4 Å². The van der Waals surface area contributed by atoms with Crippen molar-refractivity contribution in [3.05, 3.63) is 62.8 Å². The van der Waals surface area contributed by atoms with Crippen molar-refractivity contribution in [3.8, 4) is 5.75 Å². The van der Waals surface area contributed by atoms with Crippen molar-refractivity contribution < 1.29 is 19.1 Å². The number of carbonyl (C=O) groups is 2. The molecule has 2 bridgehead atoms. The average molecular weight is 425 g/mol. The molecule has 2 aromatic rings. The largest absolute Gasteiger partial charge is 0.503 e. The number of aromatic hydroxyl groups is 1. The Balaban J connectivity index is 1.47. The van der Waals surface area contributed by atoms with Crippen LogP contribution in [0.4, 0.5) is 4.39 Å². The van der Waals surface area contributed by atoms with Gasteiger partial charge in [-0.25, -0.2) is 4.39 Å². The molecule has 5 rings (SSSR count). The monoisotopic (exact) mass is 425 g/mol. The molecular weight excluding hydrogens is 401 g/mol. The summed E-state index contributed by atoms with van der Waals surface area (Å²) in [6, 6.07) is 4.88. The Morgan fingerprint density at radius 1 is 1.35 bits per heavy atom. The molecule has 3 aliphatic rings. The smallest absolute Gasteiger partial charge is 0.275 e. The first-order valence-electron chi connectivity index (χ1n) is 10.6. The topological polar surface area (TPSA) is 91.6 Å². The van der Waals surface area contributed by atoms with Crippen molar-refractivity contribution >= 4 is 11.8 Å². The molecule has 2 atom stereocenters. The van der Waals surface area contributed by atoms with E-state index < -0.39 is 22.9 Å². The molecule has 7 nitrogen and oxygen atoms in total. The zero-order valence-corrected chi connectivity index (χ0v) is 17.3. The molecular formula is C23H24FN3O4. The fraction of sp³-hybridized carbons (Fsp3) is 0.435. The maximum atomic E-state index is 14.2. The minimum absolute atomic E-state index is 0.0514. The highest BCUT2D eigenvalue weighted by Gasteiger charge is 2.53. The van der Waals surface area contributed by atoms with Crippen LogP contribution in [0.5, 0.6) is 5.75 Å². The van der Waals surface area contributed by atoms with Gasteiger partial charge in [0, 0.05) is 31.4 Å². The lowest BCUT2D eigenvalue weighted by atomic mass is 9.79. The summed E-state index contributed by atoms with van der Waals surface area (Å²) in [5, 5.41) is 13.1. The molecule has 2 amide bonds. The third-order valence-corrected chi connectivity index (χ3v) is 7.06. The van der Waals surface area contributed by atoms with Gasteiger partial charge in [0.25, 0.3) is 11.8 Å². The minimum Gasteiger partial charge on any atom is -0.503 e. The van der Waals surface area contributed by atoms with Crippen molar-refractivity contribution in [1.29, 1.82) is 0 Å². The summed E-state index contributed by atoms with van der Waals surface area (Å²) in [5.74, 6) is -1.73. The molecule has 3 heterocycles. The molecule has 1 spiro atoms. The van der Waals surface area contributed by atoms with Gasteiger partial charge in [-0.2, -0.15) is 0 Å². The number of hydrogen-bond acceptors (Lipinski definition) is 4.